The van der Waals surface area contributed by atoms with E-state index in [0.717, 1.165) is 18.1 Å². The van der Waals surface area contributed by atoms with Crippen LogP contribution in [0.5, 0.6) is 5.88 Å². The van der Waals surface area contributed by atoms with Crippen molar-refractivity contribution in [1.82, 2.24) is 19.9 Å². The topological polar surface area (TPSA) is 82.1 Å². The van der Waals surface area contributed by atoms with Crippen LogP contribution >= 0.6 is 0 Å². The monoisotopic (exact) mass is 417 g/mol. The van der Waals surface area contributed by atoms with Crippen molar-refractivity contribution < 1.29 is 22.6 Å². The summed E-state index contributed by atoms with van der Waals surface area (Å²) in [5, 5.41) is 2.92. The molecular formula is C20H18F3N5O2. The van der Waals surface area contributed by atoms with Crippen LogP contribution in [-0.4, -0.2) is 39.3 Å². The molecule has 0 bridgehead atoms. The predicted octanol–water partition coefficient (Wildman–Crippen LogP) is 3.73. The Morgan fingerprint density at radius 2 is 2.00 bits per heavy atom. The second-order valence-electron chi connectivity index (χ2n) is 6.63. The molecule has 4 heterocycles. The average Bonchev–Trinajstić information content (AvgIpc) is 3.25. The number of nitrogens with zero attached hydrogens (tertiary/aromatic N) is 4. The van der Waals surface area contributed by atoms with Gasteiger partial charge in [-0.1, -0.05) is 6.07 Å². The number of alkyl halides is 3. The molecule has 1 N–H and O–H groups in total. The molecule has 0 saturated carbocycles. The maximum Gasteiger partial charge on any atom is 0.433 e. The van der Waals surface area contributed by atoms with Gasteiger partial charge in [0.2, 0.25) is 5.88 Å². The van der Waals surface area contributed by atoms with E-state index in [2.05, 4.69) is 25.3 Å². The number of pyridine rings is 2. The van der Waals surface area contributed by atoms with Crippen LogP contribution in [0.4, 0.5) is 19.0 Å². The first kappa shape index (κ1) is 20.0. The van der Waals surface area contributed by atoms with Crippen LogP contribution in [0.15, 0.2) is 48.8 Å². The van der Waals surface area contributed by atoms with Crippen LogP contribution in [0.1, 0.15) is 17.7 Å². The van der Waals surface area contributed by atoms with Gasteiger partial charge in [-0.25, -0.2) is 15.0 Å². The summed E-state index contributed by atoms with van der Waals surface area (Å²) in [5.74, 6) is 0.381. The molecule has 0 aliphatic carbocycles. The molecule has 156 valence electrons. The van der Waals surface area contributed by atoms with Crippen LogP contribution in [-0.2, 0) is 17.5 Å². The zero-order valence-electron chi connectivity index (χ0n) is 15.8. The summed E-state index contributed by atoms with van der Waals surface area (Å²) in [6.07, 6.45) is -0.800. The lowest BCUT2D eigenvalue weighted by Gasteiger charge is -2.13. The van der Waals surface area contributed by atoms with Crippen molar-refractivity contribution in [1.29, 1.82) is 0 Å². The van der Waals surface area contributed by atoms with Crippen molar-refractivity contribution in [2.75, 3.05) is 18.5 Å². The normalized spacial score (nSPS) is 16.4. The summed E-state index contributed by atoms with van der Waals surface area (Å²) in [7, 11) is 0. The SMILES string of the molecule is FC(F)(F)c1cc(NCc2ccnc(OC3CCOC3)c2)nc(-c2ccccn2)n1. The van der Waals surface area contributed by atoms with E-state index in [9.17, 15) is 13.2 Å². The molecule has 0 radical (unpaired) electrons. The molecule has 3 aromatic heterocycles. The second-order valence-corrected chi connectivity index (χ2v) is 6.63. The zero-order chi connectivity index (χ0) is 21.0. The summed E-state index contributed by atoms with van der Waals surface area (Å²) in [6.45, 7) is 1.40. The molecule has 3 aromatic rings. The fourth-order valence-electron chi connectivity index (χ4n) is 2.89. The minimum atomic E-state index is -4.61. The van der Waals surface area contributed by atoms with Gasteiger partial charge < -0.3 is 14.8 Å². The highest BCUT2D eigenvalue weighted by atomic mass is 19.4. The third kappa shape index (κ3) is 5.01. The van der Waals surface area contributed by atoms with Crippen LogP contribution in [0.25, 0.3) is 11.5 Å². The molecule has 1 saturated heterocycles. The van der Waals surface area contributed by atoms with Gasteiger partial charge in [-0.05, 0) is 23.8 Å². The number of anilines is 1. The molecule has 7 nitrogen and oxygen atoms in total. The van der Waals surface area contributed by atoms with Crippen molar-refractivity contribution in [2.45, 2.75) is 25.2 Å². The number of ether oxygens (including phenoxy) is 2. The van der Waals surface area contributed by atoms with Crippen LogP contribution in [0.3, 0.4) is 0 Å². The Bertz CT molecular complexity index is 995. The molecule has 1 aliphatic heterocycles. The molecule has 0 amide bonds. The lowest BCUT2D eigenvalue weighted by molar-refractivity contribution is -0.141. The number of hydrogen-bond donors (Lipinski definition) is 1. The molecule has 10 heteroatoms. The van der Waals surface area contributed by atoms with E-state index in [1.54, 1.807) is 36.5 Å². The van der Waals surface area contributed by atoms with E-state index >= 15 is 0 Å². The number of rotatable bonds is 6. The largest absolute Gasteiger partial charge is 0.472 e. The molecule has 4 rings (SSSR count). The quantitative estimate of drug-likeness (QED) is 0.654. The maximum atomic E-state index is 13.3. The fraction of sp³-hybridized carbons (Fsp3) is 0.300. The molecule has 30 heavy (non-hydrogen) atoms. The zero-order valence-corrected chi connectivity index (χ0v) is 15.8. The van der Waals surface area contributed by atoms with Crippen molar-refractivity contribution >= 4 is 5.82 Å². The third-order valence-corrected chi connectivity index (χ3v) is 4.36. The summed E-state index contributed by atoms with van der Waals surface area (Å²) in [6, 6.07) is 9.23. The van der Waals surface area contributed by atoms with E-state index in [-0.39, 0.29) is 30.0 Å². The van der Waals surface area contributed by atoms with Gasteiger partial charge in [0.15, 0.2) is 11.5 Å². The Morgan fingerprint density at radius 1 is 1.10 bits per heavy atom. The van der Waals surface area contributed by atoms with Gasteiger partial charge in [0.1, 0.15) is 17.6 Å². The number of nitrogens with one attached hydrogen (secondary N) is 1. The van der Waals surface area contributed by atoms with Crippen LogP contribution in [0, 0.1) is 0 Å². The molecule has 0 aromatic carbocycles. The van der Waals surface area contributed by atoms with E-state index in [4.69, 9.17) is 9.47 Å². The first-order chi connectivity index (χ1) is 14.5. The number of hydrogen-bond acceptors (Lipinski definition) is 7. The van der Waals surface area contributed by atoms with Crippen molar-refractivity contribution in [3.8, 4) is 17.4 Å². The Hall–Kier alpha value is -3.27. The molecule has 1 fully saturated rings. The third-order valence-electron chi connectivity index (χ3n) is 4.36. The smallest absolute Gasteiger partial charge is 0.433 e. The average molecular weight is 417 g/mol. The summed E-state index contributed by atoms with van der Waals surface area (Å²) in [5.41, 5.74) is -0.00357. The van der Waals surface area contributed by atoms with Gasteiger partial charge >= 0.3 is 6.18 Å². The number of aromatic nitrogens is 4. The van der Waals surface area contributed by atoms with Gasteiger partial charge in [0, 0.05) is 37.5 Å². The lowest BCUT2D eigenvalue weighted by atomic mass is 10.2. The highest BCUT2D eigenvalue weighted by Crippen LogP contribution is 2.30. The van der Waals surface area contributed by atoms with Gasteiger partial charge in [-0.15, -0.1) is 0 Å². The first-order valence-electron chi connectivity index (χ1n) is 9.28. The van der Waals surface area contributed by atoms with E-state index in [1.165, 1.54) is 6.20 Å². The van der Waals surface area contributed by atoms with Crippen molar-refractivity contribution in [2.24, 2.45) is 0 Å². The maximum absolute atomic E-state index is 13.3. The van der Waals surface area contributed by atoms with Crippen molar-refractivity contribution in [3.63, 3.8) is 0 Å². The van der Waals surface area contributed by atoms with Gasteiger partial charge in [-0.3, -0.25) is 4.98 Å². The molecule has 1 aliphatic rings. The highest BCUT2D eigenvalue weighted by molar-refractivity contribution is 5.53. The predicted molar refractivity (Wildman–Crippen MR) is 102 cm³/mol. The van der Waals surface area contributed by atoms with Crippen molar-refractivity contribution in [3.05, 3.63) is 60.0 Å². The molecule has 1 unspecified atom stereocenters. The van der Waals surface area contributed by atoms with Gasteiger partial charge in [-0.2, -0.15) is 13.2 Å². The molecular weight excluding hydrogens is 399 g/mol. The minimum Gasteiger partial charge on any atom is -0.472 e. The molecule has 0 spiro atoms. The Labute approximate surface area is 170 Å². The Kier molecular flexibility index (Phi) is 5.75. The lowest BCUT2D eigenvalue weighted by Crippen LogP contribution is -2.16. The summed E-state index contributed by atoms with van der Waals surface area (Å²) >= 11 is 0. The second kappa shape index (κ2) is 8.62. The Morgan fingerprint density at radius 3 is 2.73 bits per heavy atom. The fourth-order valence-corrected chi connectivity index (χ4v) is 2.89. The van der Waals surface area contributed by atoms with Gasteiger partial charge in [0.25, 0.3) is 0 Å². The van der Waals surface area contributed by atoms with Gasteiger partial charge in [0.05, 0.1) is 13.2 Å². The van der Waals surface area contributed by atoms with Crippen LogP contribution < -0.4 is 10.1 Å². The highest BCUT2D eigenvalue weighted by Gasteiger charge is 2.34. The first-order valence-corrected chi connectivity index (χ1v) is 9.28. The Balaban J connectivity index is 1.52. The van der Waals surface area contributed by atoms with E-state index < -0.39 is 11.9 Å². The number of halogens is 3. The van der Waals surface area contributed by atoms with Crippen LogP contribution in [0.2, 0.25) is 0 Å². The van der Waals surface area contributed by atoms with E-state index in [1.807, 2.05) is 0 Å². The standard InChI is InChI=1S/C20H18F3N5O2/c21-20(22,23)16-10-17(28-19(27-16)15-3-1-2-6-24-15)26-11-13-4-7-25-18(9-13)30-14-5-8-29-12-14/h1-4,6-7,9-10,14H,5,8,11-12H2,(H,26,27,28). The summed E-state index contributed by atoms with van der Waals surface area (Å²) in [4.78, 5) is 16.0. The minimum absolute atomic E-state index is 0.0430. The molecule has 1 atom stereocenters. The summed E-state index contributed by atoms with van der Waals surface area (Å²) < 4.78 is 50.9. The van der Waals surface area contributed by atoms with E-state index in [0.29, 0.717) is 19.1 Å².